The van der Waals surface area contributed by atoms with Crippen LogP contribution in [0, 0.1) is 0 Å². The summed E-state index contributed by atoms with van der Waals surface area (Å²) in [4.78, 5) is 25.3. The van der Waals surface area contributed by atoms with Crippen LogP contribution >= 0.6 is 23.4 Å². The molecule has 2 heterocycles. The first-order valence-electron chi connectivity index (χ1n) is 9.22. The lowest BCUT2D eigenvalue weighted by molar-refractivity contribution is -0.672. The van der Waals surface area contributed by atoms with E-state index in [1.807, 2.05) is 0 Å². The van der Waals surface area contributed by atoms with Crippen LogP contribution in [0.3, 0.4) is 0 Å². The number of nitrogen functional groups attached to an aromatic ring is 1. The molecule has 4 rings (SSSR count). The Morgan fingerprint density at radius 2 is 1.88 bits per heavy atom. The van der Waals surface area contributed by atoms with E-state index in [0.717, 1.165) is 26.7 Å². The zero-order chi connectivity index (χ0) is 22.7. The Kier molecular flexibility index (Phi) is 6.19. The number of benzene rings is 2. The number of nitrogens with zero attached hydrogens (tertiary/aromatic N) is 5. The molecular formula is C20H15ClN6O4S. The van der Waals surface area contributed by atoms with E-state index in [2.05, 4.69) is 20.0 Å². The van der Waals surface area contributed by atoms with Gasteiger partial charge in [-0.15, -0.1) is 10.2 Å². The Morgan fingerprint density at radius 3 is 2.59 bits per heavy atom. The number of para-hydroxylation sites is 1. The molecule has 0 aliphatic rings. The summed E-state index contributed by atoms with van der Waals surface area (Å²) in [5, 5.41) is 24.2. The number of carbonyl (C=O) groups is 1. The molecule has 32 heavy (non-hydrogen) atoms. The van der Waals surface area contributed by atoms with Gasteiger partial charge in [0.2, 0.25) is 16.6 Å². The molecule has 0 bridgehead atoms. The van der Waals surface area contributed by atoms with E-state index < -0.39 is 17.3 Å². The topological polar surface area (TPSA) is 144 Å². The molecule has 0 saturated heterocycles. The molecule has 0 radical (unpaired) electrons. The second-order valence-corrected chi connectivity index (χ2v) is 7.95. The van der Waals surface area contributed by atoms with Gasteiger partial charge in [-0.25, -0.2) is 0 Å². The molecule has 4 aromatic rings. The van der Waals surface area contributed by atoms with Crippen LogP contribution in [0.2, 0.25) is 5.02 Å². The summed E-state index contributed by atoms with van der Waals surface area (Å²) in [6.07, 6.45) is 0.224. The molecule has 10 nitrogen and oxygen atoms in total. The normalized spacial score (nSPS) is 10.9. The average Bonchev–Trinajstić information content (AvgIpc) is 3.19. The highest BCUT2D eigenvalue weighted by molar-refractivity contribution is 7.99. The highest BCUT2D eigenvalue weighted by Gasteiger charge is 2.28. The lowest BCUT2D eigenvalue weighted by Gasteiger charge is -2.07. The summed E-state index contributed by atoms with van der Waals surface area (Å²) in [7, 11) is 0. The molecule has 0 saturated carbocycles. The first kappa shape index (κ1) is 21.5. The van der Waals surface area contributed by atoms with Crippen molar-refractivity contribution in [1.82, 2.24) is 20.1 Å². The van der Waals surface area contributed by atoms with Gasteiger partial charge in [-0.05, 0) is 22.4 Å². The van der Waals surface area contributed by atoms with Gasteiger partial charge in [0, 0.05) is 23.6 Å². The fourth-order valence-electron chi connectivity index (χ4n) is 2.85. The first-order chi connectivity index (χ1) is 15.4. The highest BCUT2D eigenvalue weighted by atomic mass is 35.5. The van der Waals surface area contributed by atoms with E-state index in [4.69, 9.17) is 17.4 Å². The fraction of sp³-hybridized carbons (Fsp3) is 0.100. The number of rotatable bonds is 7. The van der Waals surface area contributed by atoms with Gasteiger partial charge in [0.1, 0.15) is 5.69 Å². The number of hydrogen-bond donors (Lipinski definition) is 1. The molecule has 0 unspecified atom stereocenters. The lowest BCUT2D eigenvalue weighted by Crippen LogP contribution is -2.39. The van der Waals surface area contributed by atoms with Gasteiger partial charge in [-0.1, -0.05) is 53.7 Å². The quantitative estimate of drug-likeness (QED) is 0.180. The highest BCUT2D eigenvalue weighted by Crippen LogP contribution is 2.18. The van der Waals surface area contributed by atoms with Crippen LogP contribution in [-0.2, 0) is 6.42 Å². The molecule has 0 atom stereocenters. The zero-order valence-corrected chi connectivity index (χ0v) is 17.9. The van der Waals surface area contributed by atoms with E-state index in [0.29, 0.717) is 10.7 Å². The van der Waals surface area contributed by atoms with Crippen LogP contribution in [0.25, 0.3) is 5.69 Å². The molecule has 0 amide bonds. The molecule has 0 spiro atoms. The maximum absolute atomic E-state index is 12.7. The molecule has 2 aromatic heterocycles. The Morgan fingerprint density at radius 1 is 1.16 bits per heavy atom. The molecule has 0 aliphatic heterocycles. The van der Waals surface area contributed by atoms with Gasteiger partial charge in [-0.2, -0.15) is 4.68 Å². The number of Topliss-reactive ketones (excluding diaryl/α,β-unsaturated/α-hetero) is 1. The van der Waals surface area contributed by atoms with Crippen LogP contribution in [0.4, 0.5) is 0 Å². The van der Waals surface area contributed by atoms with E-state index in [1.54, 1.807) is 54.6 Å². The van der Waals surface area contributed by atoms with E-state index >= 15 is 0 Å². The van der Waals surface area contributed by atoms with Crippen molar-refractivity contribution >= 4 is 29.1 Å². The first-order valence-corrected chi connectivity index (χ1v) is 10.6. The van der Waals surface area contributed by atoms with Crippen LogP contribution in [0.1, 0.15) is 21.7 Å². The predicted octanol–water partition coefficient (Wildman–Crippen LogP) is 0.910. The molecule has 0 aliphatic carbocycles. The van der Waals surface area contributed by atoms with Crippen molar-refractivity contribution in [1.29, 1.82) is 0 Å². The van der Waals surface area contributed by atoms with Crippen LogP contribution < -0.4 is 21.2 Å². The average molecular weight is 471 g/mol. The second kappa shape index (κ2) is 9.20. The van der Waals surface area contributed by atoms with Crippen molar-refractivity contribution in [3.8, 4) is 11.6 Å². The number of carbonyl (C=O) groups excluding carboxylic acids is 1. The van der Waals surface area contributed by atoms with Crippen LogP contribution in [0.5, 0.6) is 5.95 Å². The van der Waals surface area contributed by atoms with E-state index in [-0.39, 0.29) is 28.7 Å². The van der Waals surface area contributed by atoms with Crippen molar-refractivity contribution < 1.29 is 19.1 Å². The molecule has 2 aromatic carbocycles. The number of ketones is 1. The molecule has 162 valence electrons. The van der Waals surface area contributed by atoms with Crippen LogP contribution in [0.15, 0.2) is 69.1 Å². The van der Waals surface area contributed by atoms with Gasteiger partial charge in [0.05, 0.1) is 11.0 Å². The van der Waals surface area contributed by atoms with Crippen molar-refractivity contribution in [2.75, 3.05) is 11.6 Å². The number of nitrogens with two attached hydrogens (primary N) is 1. The van der Waals surface area contributed by atoms with Gasteiger partial charge >= 0.3 is 5.69 Å². The third-order valence-electron chi connectivity index (χ3n) is 4.42. The summed E-state index contributed by atoms with van der Waals surface area (Å²) < 4.78 is 6.61. The molecule has 12 heteroatoms. The third kappa shape index (κ3) is 4.48. The maximum Gasteiger partial charge on any atom is 0.307 e. The smallest absolute Gasteiger partial charge is 0.307 e. The third-order valence-corrected chi connectivity index (χ3v) is 5.62. The maximum atomic E-state index is 12.7. The zero-order valence-electron chi connectivity index (χ0n) is 16.3. The van der Waals surface area contributed by atoms with E-state index in [9.17, 15) is 14.7 Å². The minimum atomic E-state index is -0.867. The molecule has 2 N–H and O–H groups in total. The monoisotopic (exact) mass is 470 g/mol. The van der Waals surface area contributed by atoms with Gasteiger partial charge in [0.15, 0.2) is 5.95 Å². The summed E-state index contributed by atoms with van der Waals surface area (Å²) in [6, 6.07) is 15.6. The number of aromatic nitrogens is 5. The van der Waals surface area contributed by atoms with Crippen molar-refractivity contribution in [3.05, 3.63) is 86.9 Å². The summed E-state index contributed by atoms with van der Waals surface area (Å²) in [6.45, 7) is 0. The standard InChI is InChI=1S/C20H15ClN6O4S/c21-13-8-6-12(7-9-13)10-15-18(29)26(22)20(24-23-15)32-11-16(28)17-19(30)31-25-27(17)14-4-2-1-3-5-14/h1-9H,10-11,22H2. The largest absolute Gasteiger partial charge is 0.539 e. The second-order valence-electron chi connectivity index (χ2n) is 6.58. The lowest BCUT2D eigenvalue weighted by atomic mass is 10.1. The Balaban J connectivity index is 1.51. The SMILES string of the molecule is Nn1c(SCC(=O)c2c([O-])on[n+]2-c2ccccc2)nnc(Cc2ccc(Cl)cc2)c1=O. The fourth-order valence-corrected chi connectivity index (χ4v) is 3.69. The number of hydrogen-bond acceptors (Lipinski definition) is 9. The summed E-state index contributed by atoms with van der Waals surface area (Å²) >= 11 is 6.74. The molecular weight excluding hydrogens is 456 g/mol. The molecule has 0 fully saturated rings. The van der Waals surface area contributed by atoms with Gasteiger partial charge in [0.25, 0.3) is 5.56 Å². The Labute approximate surface area is 190 Å². The van der Waals surface area contributed by atoms with Crippen molar-refractivity contribution in [2.45, 2.75) is 11.6 Å². The number of thioether (sulfide) groups is 1. The van der Waals surface area contributed by atoms with Gasteiger partial charge < -0.3 is 15.5 Å². The minimum Gasteiger partial charge on any atom is -0.539 e. The van der Waals surface area contributed by atoms with Crippen molar-refractivity contribution in [3.63, 3.8) is 0 Å². The van der Waals surface area contributed by atoms with Crippen molar-refractivity contribution in [2.24, 2.45) is 0 Å². The predicted molar refractivity (Wildman–Crippen MR) is 113 cm³/mol. The summed E-state index contributed by atoms with van der Waals surface area (Å²) in [5.74, 6) is 4.20. The van der Waals surface area contributed by atoms with Crippen LogP contribution in [-0.4, -0.2) is 31.7 Å². The van der Waals surface area contributed by atoms with E-state index in [1.165, 1.54) is 0 Å². The number of halogens is 1. The Bertz CT molecular complexity index is 1320. The Hall–Kier alpha value is -3.70. The minimum absolute atomic E-state index is 0.0263. The van der Waals surface area contributed by atoms with Gasteiger partial charge in [-0.3, -0.25) is 9.59 Å². The summed E-state index contributed by atoms with van der Waals surface area (Å²) in [5.41, 5.74) is 0.667.